The van der Waals surface area contributed by atoms with Crippen molar-refractivity contribution in [3.8, 4) is 0 Å². The van der Waals surface area contributed by atoms with Crippen molar-refractivity contribution in [1.29, 1.82) is 0 Å². The average Bonchev–Trinajstić information content (AvgIpc) is 1.86. The molecule has 54 valence electrons. The molecule has 0 spiro atoms. The maximum absolute atomic E-state index is 9.52. The summed E-state index contributed by atoms with van der Waals surface area (Å²) < 4.78 is 0. The summed E-state index contributed by atoms with van der Waals surface area (Å²) in [6.07, 6.45) is 2.56. The highest BCUT2D eigenvalue weighted by Gasteiger charge is 2.22. The van der Waals surface area contributed by atoms with Gasteiger partial charge in [0.2, 0.25) is 0 Å². The van der Waals surface area contributed by atoms with Gasteiger partial charge in [-0.05, 0) is 13.3 Å². The van der Waals surface area contributed by atoms with Crippen LogP contribution in [0.1, 0.15) is 27.2 Å². The molecule has 9 heavy (non-hydrogen) atoms. The van der Waals surface area contributed by atoms with E-state index in [9.17, 15) is 5.11 Å². The third-order valence-electron chi connectivity index (χ3n) is 2.05. The fraction of sp³-hybridized carbons (Fsp3) is 0.750. The molecule has 2 unspecified atom stereocenters. The van der Waals surface area contributed by atoms with E-state index < -0.39 is 5.60 Å². The van der Waals surface area contributed by atoms with E-state index in [0.717, 1.165) is 6.42 Å². The van der Waals surface area contributed by atoms with Crippen LogP contribution in [0.2, 0.25) is 0 Å². The van der Waals surface area contributed by atoms with Gasteiger partial charge in [-0.2, -0.15) is 0 Å². The SMILES string of the molecule is C=CC(C)C(C)(O)CC. The zero-order valence-corrected chi connectivity index (χ0v) is 6.52. The topological polar surface area (TPSA) is 20.2 Å². The highest BCUT2D eigenvalue weighted by atomic mass is 16.3. The minimum atomic E-state index is -0.568. The van der Waals surface area contributed by atoms with Crippen molar-refractivity contribution in [1.82, 2.24) is 0 Å². The van der Waals surface area contributed by atoms with Crippen LogP contribution in [0.5, 0.6) is 0 Å². The van der Waals surface area contributed by atoms with Gasteiger partial charge in [0.15, 0.2) is 0 Å². The van der Waals surface area contributed by atoms with Crippen molar-refractivity contribution in [2.75, 3.05) is 0 Å². The fourth-order valence-electron chi connectivity index (χ4n) is 0.576. The minimum Gasteiger partial charge on any atom is -0.390 e. The molecule has 1 heteroatoms. The van der Waals surface area contributed by atoms with Gasteiger partial charge in [0.1, 0.15) is 0 Å². The summed E-state index contributed by atoms with van der Waals surface area (Å²) in [5.41, 5.74) is -0.568. The summed E-state index contributed by atoms with van der Waals surface area (Å²) in [5.74, 6) is 0.183. The Bertz CT molecular complexity index is 94.7. The molecule has 0 radical (unpaired) electrons. The maximum Gasteiger partial charge on any atom is 0.0676 e. The van der Waals surface area contributed by atoms with Crippen molar-refractivity contribution >= 4 is 0 Å². The molecule has 0 aromatic rings. The third kappa shape index (κ3) is 2.19. The van der Waals surface area contributed by atoms with E-state index in [-0.39, 0.29) is 5.92 Å². The van der Waals surface area contributed by atoms with Crippen LogP contribution in [0.25, 0.3) is 0 Å². The van der Waals surface area contributed by atoms with Gasteiger partial charge >= 0.3 is 0 Å². The van der Waals surface area contributed by atoms with Crippen molar-refractivity contribution in [2.45, 2.75) is 32.8 Å². The van der Waals surface area contributed by atoms with Crippen LogP contribution in [0.4, 0.5) is 0 Å². The van der Waals surface area contributed by atoms with E-state index in [2.05, 4.69) is 6.58 Å². The van der Waals surface area contributed by atoms with E-state index in [1.807, 2.05) is 20.8 Å². The first-order chi connectivity index (χ1) is 4.04. The van der Waals surface area contributed by atoms with Crippen LogP contribution in [-0.2, 0) is 0 Å². The quantitative estimate of drug-likeness (QED) is 0.576. The van der Waals surface area contributed by atoms with Crippen LogP contribution >= 0.6 is 0 Å². The second-order valence-corrected chi connectivity index (χ2v) is 2.74. The van der Waals surface area contributed by atoms with Crippen LogP contribution in [-0.4, -0.2) is 10.7 Å². The van der Waals surface area contributed by atoms with Crippen molar-refractivity contribution in [2.24, 2.45) is 5.92 Å². The zero-order valence-electron chi connectivity index (χ0n) is 6.52. The van der Waals surface area contributed by atoms with Crippen LogP contribution in [0.3, 0.4) is 0 Å². The second-order valence-electron chi connectivity index (χ2n) is 2.74. The summed E-state index contributed by atoms with van der Waals surface area (Å²) in [4.78, 5) is 0. The second kappa shape index (κ2) is 3.02. The van der Waals surface area contributed by atoms with Gasteiger partial charge < -0.3 is 5.11 Å². The van der Waals surface area contributed by atoms with Crippen LogP contribution in [0, 0.1) is 5.92 Å². The third-order valence-corrected chi connectivity index (χ3v) is 2.05. The van der Waals surface area contributed by atoms with Gasteiger partial charge in [-0.3, -0.25) is 0 Å². The molecule has 0 aromatic heterocycles. The Morgan fingerprint density at radius 2 is 2.22 bits per heavy atom. The van der Waals surface area contributed by atoms with Crippen molar-refractivity contribution in [3.05, 3.63) is 12.7 Å². The molecule has 0 aromatic carbocycles. The van der Waals surface area contributed by atoms with Gasteiger partial charge in [0, 0.05) is 5.92 Å². The Hall–Kier alpha value is -0.300. The van der Waals surface area contributed by atoms with Crippen molar-refractivity contribution < 1.29 is 5.11 Å². The molecular formula is C8H16O. The van der Waals surface area contributed by atoms with E-state index >= 15 is 0 Å². The number of aliphatic hydroxyl groups is 1. The van der Waals surface area contributed by atoms with Gasteiger partial charge in [-0.25, -0.2) is 0 Å². The Kier molecular flexibility index (Phi) is 2.92. The highest BCUT2D eigenvalue weighted by molar-refractivity contribution is 4.88. The summed E-state index contributed by atoms with van der Waals surface area (Å²) in [6.45, 7) is 9.39. The predicted octanol–water partition coefficient (Wildman–Crippen LogP) is 1.97. The molecule has 0 aliphatic carbocycles. The largest absolute Gasteiger partial charge is 0.390 e. The van der Waals surface area contributed by atoms with Gasteiger partial charge in [0.05, 0.1) is 5.60 Å². The summed E-state index contributed by atoms with van der Waals surface area (Å²) in [5, 5.41) is 9.52. The van der Waals surface area contributed by atoms with E-state index in [1.54, 1.807) is 6.08 Å². The summed E-state index contributed by atoms with van der Waals surface area (Å²) in [7, 11) is 0. The molecule has 0 heterocycles. The standard InChI is InChI=1S/C8H16O/c1-5-7(3)8(4,9)6-2/h5,7,9H,1,6H2,2-4H3. The van der Waals surface area contributed by atoms with Crippen molar-refractivity contribution in [3.63, 3.8) is 0 Å². The summed E-state index contributed by atoms with van der Waals surface area (Å²) in [6, 6.07) is 0. The lowest BCUT2D eigenvalue weighted by Gasteiger charge is -2.26. The molecule has 1 nitrogen and oxygen atoms in total. The molecule has 0 amide bonds. The highest BCUT2D eigenvalue weighted by Crippen LogP contribution is 2.20. The Morgan fingerprint density at radius 3 is 2.33 bits per heavy atom. The number of hydrogen-bond donors (Lipinski definition) is 1. The molecule has 0 aliphatic heterocycles. The Morgan fingerprint density at radius 1 is 1.78 bits per heavy atom. The predicted molar refractivity (Wildman–Crippen MR) is 40.3 cm³/mol. The monoisotopic (exact) mass is 128 g/mol. The molecule has 0 saturated carbocycles. The molecule has 1 N–H and O–H groups in total. The first-order valence-electron chi connectivity index (χ1n) is 3.39. The molecular weight excluding hydrogens is 112 g/mol. The summed E-state index contributed by atoms with van der Waals surface area (Å²) >= 11 is 0. The number of rotatable bonds is 3. The van der Waals surface area contributed by atoms with E-state index in [4.69, 9.17) is 0 Å². The normalized spacial score (nSPS) is 20.4. The lowest BCUT2D eigenvalue weighted by atomic mass is 9.89. The van der Waals surface area contributed by atoms with E-state index in [0.29, 0.717) is 0 Å². The molecule has 0 rings (SSSR count). The van der Waals surface area contributed by atoms with Gasteiger partial charge in [0.25, 0.3) is 0 Å². The molecule has 0 fully saturated rings. The lowest BCUT2D eigenvalue weighted by molar-refractivity contribution is 0.0210. The van der Waals surface area contributed by atoms with E-state index in [1.165, 1.54) is 0 Å². The molecule has 0 saturated heterocycles. The smallest absolute Gasteiger partial charge is 0.0676 e. The first-order valence-corrected chi connectivity index (χ1v) is 3.39. The Balaban J connectivity index is 3.95. The molecule has 0 aliphatic rings. The van der Waals surface area contributed by atoms with Gasteiger partial charge in [-0.15, -0.1) is 6.58 Å². The van der Waals surface area contributed by atoms with Gasteiger partial charge in [-0.1, -0.05) is 19.9 Å². The maximum atomic E-state index is 9.52. The van der Waals surface area contributed by atoms with Crippen LogP contribution in [0.15, 0.2) is 12.7 Å². The minimum absolute atomic E-state index is 0.183. The average molecular weight is 128 g/mol. The molecule has 0 bridgehead atoms. The Labute approximate surface area is 57.4 Å². The van der Waals surface area contributed by atoms with Crippen LogP contribution < -0.4 is 0 Å². The fourth-order valence-corrected chi connectivity index (χ4v) is 0.576. The lowest BCUT2D eigenvalue weighted by Crippen LogP contribution is -2.30. The zero-order chi connectivity index (χ0) is 7.49. The number of hydrogen-bond acceptors (Lipinski definition) is 1. The first kappa shape index (κ1) is 8.70. The molecule has 2 atom stereocenters.